The summed E-state index contributed by atoms with van der Waals surface area (Å²) in [4.78, 5) is 41.7. The molecule has 0 atom stereocenters. The molecule has 1 heterocycles. The number of hydrogen-bond donors (Lipinski definition) is 3. The fourth-order valence-corrected chi connectivity index (χ4v) is 4.47. The van der Waals surface area contributed by atoms with Gasteiger partial charge in [0, 0.05) is 18.2 Å². The molecule has 12 nitrogen and oxygen atoms in total. The Labute approximate surface area is 240 Å². The number of rotatable bonds is 21. The Hall–Kier alpha value is -3.54. The van der Waals surface area contributed by atoms with Crippen LogP contribution in [0.3, 0.4) is 0 Å². The molecule has 0 unspecified atom stereocenters. The molecule has 0 aliphatic rings. The molecule has 1 aromatic heterocycles. The molecule has 0 bridgehead atoms. The molecule has 2 rings (SSSR count). The Morgan fingerprint density at radius 1 is 0.825 bits per heavy atom. The second-order valence-electron chi connectivity index (χ2n) is 9.70. The number of benzene rings is 1. The van der Waals surface area contributed by atoms with Crippen molar-refractivity contribution in [3.05, 3.63) is 55.3 Å². The van der Waals surface area contributed by atoms with E-state index in [0.717, 1.165) is 31.7 Å². The van der Waals surface area contributed by atoms with Gasteiger partial charge < -0.3 is 5.32 Å². The number of anilines is 2. The van der Waals surface area contributed by atoms with Crippen molar-refractivity contribution in [3.63, 3.8) is 0 Å². The number of hydrogen-bond acceptors (Lipinski definition) is 9. The summed E-state index contributed by atoms with van der Waals surface area (Å²) in [6, 6.07) is 3.53. The van der Waals surface area contributed by atoms with Crippen LogP contribution in [0.1, 0.15) is 107 Å². The lowest BCUT2D eigenvalue weighted by Gasteiger charge is -2.11. The maximum atomic E-state index is 12.4. The zero-order chi connectivity index (χ0) is 29.2. The largest absolute Gasteiger partial charge is 0.364 e. The molecule has 1 aromatic carbocycles. The average Bonchev–Trinajstić information content (AvgIpc) is 2.93. The van der Waals surface area contributed by atoms with Crippen LogP contribution in [0.25, 0.3) is 0 Å². The van der Waals surface area contributed by atoms with Gasteiger partial charge in [0.15, 0.2) is 0 Å². The number of nitrogens with one attached hydrogen (secondary N) is 3. The number of halogens is 1. The van der Waals surface area contributed by atoms with Crippen molar-refractivity contribution in [3.8, 4) is 0 Å². The highest BCUT2D eigenvalue weighted by molar-refractivity contribution is 6.32. The Balaban J connectivity index is 1.71. The van der Waals surface area contributed by atoms with Gasteiger partial charge in [-0.1, -0.05) is 102 Å². The molecule has 0 aliphatic heterocycles. The normalized spacial score (nSPS) is 10.8. The molecule has 40 heavy (non-hydrogen) atoms. The van der Waals surface area contributed by atoms with E-state index in [9.17, 15) is 25.0 Å². The van der Waals surface area contributed by atoms with Gasteiger partial charge in [-0.2, -0.15) is 0 Å². The van der Waals surface area contributed by atoms with E-state index in [1.165, 1.54) is 82.8 Å². The second-order valence-corrected chi connectivity index (χ2v) is 10.1. The molecule has 13 heteroatoms. The minimum absolute atomic E-state index is 0.0357. The fraction of sp³-hybridized carbons (Fsp3) is 0.593. The zero-order valence-corrected chi connectivity index (χ0v) is 23.9. The smallest absolute Gasteiger partial charge is 0.354 e. The number of nitrogens with zero attached hydrogens (tertiary/aromatic N) is 4. The maximum absolute atomic E-state index is 12.4. The second kappa shape index (κ2) is 18.7. The van der Waals surface area contributed by atoms with Gasteiger partial charge in [0.1, 0.15) is 11.3 Å². The van der Waals surface area contributed by atoms with E-state index in [1.807, 2.05) is 0 Å². The third-order valence-corrected chi connectivity index (χ3v) is 6.85. The SMILES string of the molecule is CCCCCCCCCCCCCCCCNc1ncnc(NNC(=O)c2ccc(Cl)c([N+](=O)[O-])c2)c1[N+](=O)[O-]. The summed E-state index contributed by atoms with van der Waals surface area (Å²) in [6.45, 7) is 2.75. The summed E-state index contributed by atoms with van der Waals surface area (Å²) in [6.07, 6.45) is 18.6. The van der Waals surface area contributed by atoms with E-state index in [0.29, 0.717) is 6.54 Å². The lowest BCUT2D eigenvalue weighted by Crippen LogP contribution is -2.30. The number of hydrazine groups is 1. The summed E-state index contributed by atoms with van der Waals surface area (Å²) in [5.41, 5.74) is 3.77. The maximum Gasteiger partial charge on any atom is 0.354 e. The molecule has 0 aliphatic carbocycles. The first-order valence-corrected chi connectivity index (χ1v) is 14.5. The summed E-state index contributed by atoms with van der Waals surface area (Å²) < 4.78 is 0. The lowest BCUT2D eigenvalue weighted by atomic mass is 10.0. The van der Waals surface area contributed by atoms with Crippen LogP contribution in [0, 0.1) is 20.2 Å². The van der Waals surface area contributed by atoms with Gasteiger partial charge in [0.25, 0.3) is 11.6 Å². The Morgan fingerprint density at radius 2 is 1.38 bits per heavy atom. The number of aromatic nitrogens is 2. The Kier molecular flexibility index (Phi) is 15.3. The van der Waals surface area contributed by atoms with Gasteiger partial charge in [-0.3, -0.25) is 35.9 Å². The van der Waals surface area contributed by atoms with Crippen LogP contribution in [0.15, 0.2) is 24.5 Å². The third kappa shape index (κ3) is 11.7. The van der Waals surface area contributed by atoms with Crippen molar-refractivity contribution in [2.24, 2.45) is 0 Å². The number of unbranched alkanes of at least 4 members (excludes halogenated alkanes) is 13. The quantitative estimate of drug-likeness (QED) is 0.0768. The zero-order valence-electron chi connectivity index (χ0n) is 23.1. The summed E-state index contributed by atoms with van der Waals surface area (Å²) >= 11 is 5.77. The highest BCUT2D eigenvalue weighted by Crippen LogP contribution is 2.29. The molecular formula is C27H40ClN7O5. The van der Waals surface area contributed by atoms with Gasteiger partial charge in [0.05, 0.1) is 9.85 Å². The van der Waals surface area contributed by atoms with Crippen LogP contribution in [0.5, 0.6) is 0 Å². The first kappa shape index (κ1) is 32.7. The van der Waals surface area contributed by atoms with Gasteiger partial charge in [-0.25, -0.2) is 9.97 Å². The molecule has 220 valence electrons. The Morgan fingerprint density at radius 3 is 1.93 bits per heavy atom. The van der Waals surface area contributed by atoms with Crippen molar-refractivity contribution in [1.82, 2.24) is 15.4 Å². The molecule has 2 aromatic rings. The average molecular weight is 578 g/mol. The minimum atomic E-state index is -0.760. The monoisotopic (exact) mass is 577 g/mol. The van der Waals surface area contributed by atoms with Gasteiger partial charge in [0.2, 0.25) is 11.6 Å². The van der Waals surface area contributed by atoms with Crippen molar-refractivity contribution >= 4 is 40.5 Å². The van der Waals surface area contributed by atoms with Crippen molar-refractivity contribution in [2.75, 3.05) is 17.3 Å². The van der Waals surface area contributed by atoms with Crippen LogP contribution < -0.4 is 16.2 Å². The van der Waals surface area contributed by atoms with Crippen LogP contribution >= 0.6 is 11.6 Å². The van der Waals surface area contributed by atoms with Crippen LogP contribution in [0.4, 0.5) is 23.0 Å². The van der Waals surface area contributed by atoms with E-state index >= 15 is 0 Å². The third-order valence-electron chi connectivity index (χ3n) is 6.53. The molecule has 0 fully saturated rings. The molecule has 0 radical (unpaired) electrons. The predicted molar refractivity (Wildman–Crippen MR) is 157 cm³/mol. The molecule has 1 amide bonds. The number of amides is 1. The first-order chi connectivity index (χ1) is 19.3. The molecule has 0 saturated carbocycles. The van der Waals surface area contributed by atoms with Gasteiger partial charge in [-0.15, -0.1) is 0 Å². The molecule has 0 spiro atoms. The van der Waals surface area contributed by atoms with Crippen molar-refractivity contribution in [1.29, 1.82) is 0 Å². The predicted octanol–water partition coefficient (Wildman–Crippen LogP) is 7.60. The number of nitro groups is 2. The summed E-state index contributed by atoms with van der Waals surface area (Å²) in [5, 5.41) is 25.6. The standard InChI is InChI=1S/C27H40ClN7O5/c1-2-3-4-5-6-7-8-9-10-11-12-13-14-15-18-29-25-24(35(39)40)26(31-20-30-25)32-33-27(36)21-16-17-22(28)23(19-21)34(37)38/h16-17,19-20H,2-15,18H2,1H3,(H,33,36)(H2,29,30,31,32). The number of carbonyl (C=O) groups is 1. The van der Waals surface area contributed by atoms with Crippen LogP contribution in [-0.4, -0.2) is 32.3 Å². The van der Waals surface area contributed by atoms with Gasteiger partial charge in [-0.05, 0) is 18.6 Å². The molecular weight excluding hydrogens is 538 g/mol. The molecule has 3 N–H and O–H groups in total. The topological polar surface area (TPSA) is 165 Å². The van der Waals surface area contributed by atoms with E-state index in [4.69, 9.17) is 11.6 Å². The van der Waals surface area contributed by atoms with Gasteiger partial charge >= 0.3 is 5.69 Å². The van der Waals surface area contributed by atoms with Crippen LogP contribution in [-0.2, 0) is 0 Å². The first-order valence-electron chi connectivity index (χ1n) is 14.1. The Bertz CT molecular complexity index is 1100. The summed E-state index contributed by atoms with van der Waals surface area (Å²) in [7, 11) is 0. The van der Waals surface area contributed by atoms with Crippen LogP contribution in [0.2, 0.25) is 5.02 Å². The van der Waals surface area contributed by atoms with E-state index in [-0.39, 0.29) is 22.2 Å². The molecule has 0 saturated heterocycles. The number of nitro benzene ring substituents is 1. The summed E-state index contributed by atoms with van der Waals surface area (Å²) in [5.74, 6) is -0.946. The highest BCUT2D eigenvalue weighted by atomic mass is 35.5. The van der Waals surface area contributed by atoms with E-state index < -0.39 is 27.1 Å². The van der Waals surface area contributed by atoms with E-state index in [2.05, 4.69) is 33.1 Å². The fourth-order valence-electron chi connectivity index (χ4n) is 4.28. The van der Waals surface area contributed by atoms with E-state index in [1.54, 1.807) is 0 Å². The highest BCUT2D eigenvalue weighted by Gasteiger charge is 2.24. The van der Waals surface area contributed by atoms with Crippen molar-refractivity contribution < 1.29 is 14.6 Å². The minimum Gasteiger partial charge on any atom is -0.364 e. The van der Waals surface area contributed by atoms with Crippen molar-refractivity contribution in [2.45, 2.75) is 96.8 Å². The number of carbonyl (C=O) groups excluding carboxylic acids is 1. The lowest BCUT2D eigenvalue weighted by molar-refractivity contribution is -0.384.